The van der Waals surface area contributed by atoms with E-state index in [1.54, 1.807) is 12.3 Å². The number of rotatable bonds is 8. The van der Waals surface area contributed by atoms with Crippen molar-refractivity contribution in [1.82, 2.24) is 14.1 Å². The van der Waals surface area contributed by atoms with Crippen LogP contribution >= 0.6 is 0 Å². The number of para-hydroxylation sites is 4. The predicted octanol–water partition coefficient (Wildman–Crippen LogP) is 19.9. The lowest BCUT2D eigenvalue weighted by molar-refractivity contribution is 0.483. The second kappa shape index (κ2) is 18.7. The van der Waals surface area contributed by atoms with Crippen molar-refractivity contribution in [1.29, 1.82) is 0 Å². The fourth-order valence-electron chi connectivity index (χ4n) is 11.6. The highest BCUT2D eigenvalue weighted by Gasteiger charge is 2.31. The normalized spacial score (nSPS) is 13.8. The summed E-state index contributed by atoms with van der Waals surface area (Å²) >= 11 is 0. The van der Waals surface area contributed by atoms with Crippen molar-refractivity contribution in [2.24, 2.45) is 0 Å². The van der Waals surface area contributed by atoms with Crippen LogP contribution in [0.3, 0.4) is 0 Å². The molecular formula is C73H67N5O. The Hall–Kier alpha value is -8.87. The van der Waals surface area contributed by atoms with Crippen LogP contribution in [0.4, 0.5) is 22.7 Å². The van der Waals surface area contributed by atoms with Crippen molar-refractivity contribution >= 4 is 66.4 Å². The Kier molecular flexibility index (Phi) is 10.9. The van der Waals surface area contributed by atoms with Crippen LogP contribution in [0.25, 0.3) is 77.4 Å². The van der Waals surface area contributed by atoms with E-state index in [1.165, 1.54) is 22.2 Å². The molecule has 13 rings (SSSR count). The van der Waals surface area contributed by atoms with Crippen LogP contribution in [0.5, 0.6) is 11.5 Å². The number of anilines is 4. The second-order valence-electron chi connectivity index (χ2n) is 24.4. The highest BCUT2D eigenvalue weighted by atomic mass is 16.5. The Balaban J connectivity index is 0.870. The number of pyridine rings is 1. The molecule has 0 aliphatic carbocycles. The van der Waals surface area contributed by atoms with E-state index in [0.717, 1.165) is 83.2 Å². The van der Waals surface area contributed by atoms with Crippen molar-refractivity contribution < 1.29 is 8.85 Å². The summed E-state index contributed by atoms with van der Waals surface area (Å²) in [6.07, 6.45) is 1.74. The molecule has 3 aromatic heterocycles. The highest BCUT2D eigenvalue weighted by molar-refractivity contribution is 6.11. The molecule has 0 N–H and O–H groups in total. The van der Waals surface area contributed by atoms with Gasteiger partial charge in [0, 0.05) is 66.6 Å². The Morgan fingerprint density at radius 3 is 1.73 bits per heavy atom. The molecule has 390 valence electrons. The molecule has 6 nitrogen and oxygen atoms in total. The highest BCUT2D eigenvalue weighted by Crippen LogP contribution is 2.47. The van der Waals surface area contributed by atoms with Crippen LogP contribution in [-0.4, -0.2) is 20.8 Å². The van der Waals surface area contributed by atoms with Gasteiger partial charge in [-0.1, -0.05) is 159 Å². The van der Waals surface area contributed by atoms with Crippen molar-refractivity contribution in [3.8, 4) is 45.3 Å². The molecule has 0 bridgehead atoms. The quantitative estimate of drug-likeness (QED) is 0.152. The minimum absolute atomic E-state index is 0.0184. The number of ether oxygens (including phenoxy) is 1. The Morgan fingerprint density at radius 2 is 1.00 bits per heavy atom. The largest absolute Gasteiger partial charge is 0.457 e. The zero-order valence-electron chi connectivity index (χ0n) is 49.6. The van der Waals surface area contributed by atoms with E-state index in [9.17, 15) is 0 Å². The lowest BCUT2D eigenvalue weighted by Gasteiger charge is -2.29. The summed E-state index contributed by atoms with van der Waals surface area (Å²) in [6, 6.07) is 72.3. The van der Waals surface area contributed by atoms with E-state index in [-0.39, 0.29) is 21.8 Å². The van der Waals surface area contributed by atoms with Gasteiger partial charge in [-0.15, -0.1) is 0 Å². The van der Waals surface area contributed by atoms with Gasteiger partial charge in [-0.05, 0) is 159 Å². The third-order valence-electron chi connectivity index (χ3n) is 16.0. The van der Waals surface area contributed by atoms with Gasteiger partial charge >= 0.3 is 0 Å². The Bertz CT molecular complexity index is 4440. The average Bonchev–Trinajstić information content (AvgIpc) is 3.82. The van der Waals surface area contributed by atoms with Crippen LogP contribution in [0.1, 0.15) is 88.7 Å². The van der Waals surface area contributed by atoms with Gasteiger partial charge in [-0.3, -0.25) is 4.57 Å². The average molecular weight is 1030 g/mol. The lowest BCUT2D eigenvalue weighted by atomic mass is 9.80. The number of hydrogen-bond acceptors (Lipinski definition) is 4. The minimum Gasteiger partial charge on any atom is -0.457 e. The number of aromatic nitrogens is 3. The van der Waals surface area contributed by atoms with Gasteiger partial charge < -0.3 is 19.1 Å². The minimum atomic E-state index is -2.46. The van der Waals surface area contributed by atoms with Crippen LogP contribution in [0.15, 0.2) is 212 Å². The Labute approximate surface area is 469 Å². The molecule has 0 spiro atoms. The molecule has 9 aromatic carbocycles. The first-order valence-electron chi connectivity index (χ1n) is 29.0. The fourth-order valence-corrected chi connectivity index (χ4v) is 11.6. The van der Waals surface area contributed by atoms with Crippen LogP contribution in [0, 0.1) is 6.85 Å². The van der Waals surface area contributed by atoms with Crippen molar-refractivity contribution in [3.05, 3.63) is 235 Å². The Morgan fingerprint density at radius 1 is 0.405 bits per heavy atom. The molecular weight excluding hydrogens is 963 g/mol. The zero-order valence-corrected chi connectivity index (χ0v) is 46.6. The summed E-state index contributed by atoms with van der Waals surface area (Å²) in [5, 5.41) is 4.36. The number of aryl methyl sites for hydroxylation is 1. The monoisotopic (exact) mass is 1030 g/mol. The predicted molar refractivity (Wildman–Crippen MR) is 333 cm³/mol. The maximum absolute atomic E-state index is 9.05. The smallest absolute Gasteiger partial charge is 0.137 e. The van der Waals surface area contributed by atoms with Crippen LogP contribution < -0.4 is 14.5 Å². The summed E-state index contributed by atoms with van der Waals surface area (Å²) in [7, 11) is 0. The lowest BCUT2D eigenvalue weighted by Crippen LogP contribution is -2.25. The molecule has 1 aliphatic rings. The topological polar surface area (TPSA) is 38.5 Å². The first-order chi connectivity index (χ1) is 39.2. The van der Waals surface area contributed by atoms with Gasteiger partial charge in [0.1, 0.15) is 24.0 Å². The summed E-state index contributed by atoms with van der Waals surface area (Å²) in [4.78, 5) is 9.96. The molecule has 0 fully saturated rings. The number of nitrogens with zero attached hydrogens (tertiary/aromatic N) is 5. The summed E-state index contributed by atoms with van der Waals surface area (Å²) in [6.45, 7) is 18.5. The number of hydrogen-bond donors (Lipinski definition) is 0. The summed E-state index contributed by atoms with van der Waals surface area (Å²) in [5.74, 6) is 1.86. The maximum Gasteiger partial charge on any atom is 0.137 e. The molecule has 79 heavy (non-hydrogen) atoms. The van der Waals surface area contributed by atoms with Gasteiger partial charge in [0.05, 0.1) is 33.4 Å². The standard InChI is InChI=1S/C73H67N5O/c1-47-36-70(74-45-63(47)50-21-18-20-48(37-50)49-30-35-65-62(38-49)59-26-14-15-27-64(59)77(65)54-22-12-11-13-23-54)78-68-42-51(71(2,3)4)31-33-60(68)61-34-32-58(44-69(61)78)79-57-25-19-24-55(43-57)75-46-76(67-29-17-16-28-66(67)75)56-40-52(72(5,6)7)39-53(41-56)73(8,9)10/h11-45H,46H2,1-10H3/i1D3. The van der Waals surface area contributed by atoms with E-state index in [0.29, 0.717) is 29.5 Å². The molecule has 1 aliphatic heterocycles. The molecule has 0 saturated carbocycles. The van der Waals surface area contributed by atoms with Gasteiger partial charge in [-0.2, -0.15) is 0 Å². The van der Waals surface area contributed by atoms with Crippen molar-refractivity contribution in [3.63, 3.8) is 0 Å². The van der Waals surface area contributed by atoms with E-state index >= 15 is 0 Å². The third kappa shape index (κ3) is 8.90. The van der Waals surface area contributed by atoms with Gasteiger partial charge in [0.2, 0.25) is 0 Å². The van der Waals surface area contributed by atoms with E-state index in [2.05, 4.69) is 251 Å². The second-order valence-corrected chi connectivity index (χ2v) is 24.4. The summed E-state index contributed by atoms with van der Waals surface area (Å²) < 4.78 is 38.4. The fraction of sp³-hybridized carbons (Fsp3) is 0.192. The van der Waals surface area contributed by atoms with Gasteiger partial charge in [0.25, 0.3) is 0 Å². The van der Waals surface area contributed by atoms with Crippen LogP contribution in [-0.2, 0) is 16.2 Å². The van der Waals surface area contributed by atoms with Crippen molar-refractivity contribution in [2.45, 2.75) is 85.4 Å². The maximum atomic E-state index is 9.05. The van der Waals surface area contributed by atoms with Gasteiger partial charge in [-0.25, -0.2) is 4.98 Å². The van der Waals surface area contributed by atoms with E-state index in [4.69, 9.17) is 13.8 Å². The summed E-state index contributed by atoms with van der Waals surface area (Å²) in [5.41, 5.74) is 16.8. The molecule has 0 unspecified atom stereocenters. The van der Waals surface area contributed by atoms with E-state index in [1.807, 2.05) is 30.3 Å². The molecule has 12 aromatic rings. The number of benzene rings is 9. The first kappa shape index (κ1) is 46.2. The first-order valence-corrected chi connectivity index (χ1v) is 27.5. The number of fused-ring (bicyclic) bond motifs is 7. The molecule has 0 amide bonds. The SMILES string of the molecule is [2H]C([2H])([2H])c1cc(-n2c3cc(Oc4cccc(N5CN(c6cc(C(C)(C)C)cc(C(C)(C)C)c6)c6ccccc65)c4)ccc3c3ccc(C(C)(C)C)cc32)ncc1-c1cccc(-c2ccc3c(c2)c2ccccc2n3-c2ccccc2)c1. The zero-order chi connectivity index (χ0) is 57.0. The molecule has 4 heterocycles. The van der Waals surface area contributed by atoms with Crippen LogP contribution in [0.2, 0.25) is 0 Å². The molecule has 0 saturated heterocycles. The molecule has 0 atom stereocenters. The molecule has 0 radical (unpaired) electrons. The van der Waals surface area contributed by atoms with E-state index < -0.39 is 6.85 Å². The third-order valence-corrected chi connectivity index (χ3v) is 16.0. The van der Waals surface area contributed by atoms with Gasteiger partial charge in [0.15, 0.2) is 0 Å². The van der Waals surface area contributed by atoms with Crippen molar-refractivity contribution in [2.75, 3.05) is 16.5 Å². The molecule has 6 heteroatoms.